The molecule has 1 aromatic rings. The minimum Gasteiger partial charge on any atom is -0.366 e. The number of hydrogen-bond donors (Lipinski definition) is 1. The van der Waals surface area contributed by atoms with E-state index >= 15 is 0 Å². The molecular weight excluding hydrogens is 169 g/mol. The number of carbonyl (C=O) groups excluding carboxylic acids is 1. The molecule has 0 aliphatic heterocycles. The van der Waals surface area contributed by atoms with Crippen molar-refractivity contribution in [1.29, 1.82) is 0 Å². The van der Waals surface area contributed by atoms with Crippen molar-refractivity contribution >= 4 is 17.5 Å². The number of benzene rings is 1. The summed E-state index contributed by atoms with van der Waals surface area (Å²) in [5.74, 6) is -1.48. The Balaban J connectivity index is 3.20. The Morgan fingerprint density at radius 2 is 2.18 bits per heavy atom. The molecule has 0 radical (unpaired) electrons. The van der Waals surface area contributed by atoms with Gasteiger partial charge in [-0.1, -0.05) is 11.6 Å². The lowest BCUT2D eigenvalue weighted by atomic mass is 10.2. The quantitative estimate of drug-likeness (QED) is 0.689. The molecule has 0 aliphatic rings. The summed E-state index contributed by atoms with van der Waals surface area (Å²) in [6, 6.07) is 3.70. The van der Waals surface area contributed by atoms with Gasteiger partial charge in [0.25, 0.3) is 5.91 Å². The van der Waals surface area contributed by atoms with Crippen molar-refractivity contribution in [2.75, 3.05) is 0 Å². The number of primary amides is 1. The molecule has 0 fully saturated rings. The SMILES string of the molecule is NC(=O)c1ccc(Cl)cc1F. The summed E-state index contributed by atoms with van der Waals surface area (Å²) in [4.78, 5) is 10.5. The summed E-state index contributed by atoms with van der Waals surface area (Å²) < 4.78 is 12.7. The molecule has 0 unspecified atom stereocenters. The molecule has 1 aromatic carbocycles. The fraction of sp³-hybridized carbons (Fsp3) is 0. The molecule has 2 nitrogen and oxygen atoms in total. The van der Waals surface area contributed by atoms with Gasteiger partial charge < -0.3 is 5.73 Å². The third kappa shape index (κ3) is 1.68. The van der Waals surface area contributed by atoms with Crippen LogP contribution in [0.25, 0.3) is 0 Å². The molecule has 58 valence electrons. The van der Waals surface area contributed by atoms with Gasteiger partial charge in [0, 0.05) is 5.02 Å². The van der Waals surface area contributed by atoms with E-state index in [0.29, 0.717) is 0 Å². The molecule has 0 aliphatic carbocycles. The van der Waals surface area contributed by atoms with Crippen LogP contribution < -0.4 is 5.73 Å². The summed E-state index contributed by atoms with van der Waals surface area (Å²) in [6.07, 6.45) is 0. The lowest BCUT2D eigenvalue weighted by Gasteiger charge is -1.96. The van der Waals surface area contributed by atoms with Crippen molar-refractivity contribution in [3.63, 3.8) is 0 Å². The molecule has 0 heterocycles. The number of carbonyl (C=O) groups is 1. The van der Waals surface area contributed by atoms with Gasteiger partial charge in [0.2, 0.25) is 0 Å². The molecule has 11 heavy (non-hydrogen) atoms. The van der Waals surface area contributed by atoms with Crippen LogP contribution in [-0.4, -0.2) is 5.91 Å². The van der Waals surface area contributed by atoms with Crippen molar-refractivity contribution in [1.82, 2.24) is 0 Å². The van der Waals surface area contributed by atoms with Gasteiger partial charge in [0.05, 0.1) is 5.56 Å². The smallest absolute Gasteiger partial charge is 0.251 e. The van der Waals surface area contributed by atoms with Crippen LogP contribution in [0.1, 0.15) is 10.4 Å². The minimum atomic E-state index is -0.792. The average molecular weight is 174 g/mol. The summed E-state index contributed by atoms with van der Waals surface area (Å²) in [5.41, 5.74) is 4.70. The van der Waals surface area contributed by atoms with Gasteiger partial charge >= 0.3 is 0 Å². The van der Waals surface area contributed by atoms with E-state index in [9.17, 15) is 9.18 Å². The Hall–Kier alpha value is -1.09. The minimum absolute atomic E-state index is 0.144. The van der Waals surface area contributed by atoms with Crippen LogP contribution in [0, 0.1) is 5.82 Å². The van der Waals surface area contributed by atoms with Crippen LogP contribution in [0.15, 0.2) is 18.2 Å². The Bertz CT molecular complexity index is 300. The highest BCUT2D eigenvalue weighted by Gasteiger charge is 2.06. The largest absolute Gasteiger partial charge is 0.366 e. The molecule has 2 N–H and O–H groups in total. The zero-order valence-electron chi connectivity index (χ0n) is 5.47. The fourth-order valence-electron chi connectivity index (χ4n) is 0.689. The first-order valence-electron chi connectivity index (χ1n) is 2.86. The van der Waals surface area contributed by atoms with Crippen LogP contribution in [0.5, 0.6) is 0 Å². The predicted molar refractivity (Wildman–Crippen MR) is 39.9 cm³/mol. The third-order valence-electron chi connectivity index (χ3n) is 1.20. The molecule has 0 aromatic heterocycles. The van der Waals surface area contributed by atoms with E-state index in [4.69, 9.17) is 17.3 Å². The lowest BCUT2D eigenvalue weighted by Crippen LogP contribution is -2.12. The monoisotopic (exact) mass is 173 g/mol. The van der Waals surface area contributed by atoms with Gasteiger partial charge in [0.1, 0.15) is 5.82 Å². The molecule has 0 bridgehead atoms. The second-order valence-corrected chi connectivity index (χ2v) is 2.42. The fourth-order valence-corrected chi connectivity index (χ4v) is 0.848. The maximum atomic E-state index is 12.7. The van der Waals surface area contributed by atoms with Crippen molar-refractivity contribution in [3.8, 4) is 0 Å². The molecule has 0 saturated heterocycles. The molecule has 4 heteroatoms. The zero-order chi connectivity index (χ0) is 8.43. The summed E-state index contributed by atoms with van der Waals surface area (Å²) >= 11 is 5.43. The molecule has 0 spiro atoms. The zero-order valence-corrected chi connectivity index (χ0v) is 6.23. The highest BCUT2D eigenvalue weighted by atomic mass is 35.5. The molecule has 0 atom stereocenters. The normalized spacial score (nSPS) is 9.64. The number of nitrogens with two attached hydrogens (primary N) is 1. The standard InChI is InChI=1S/C7H5ClFNO/c8-4-1-2-5(7(10)11)6(9)3-4/h1-3H,(H2,10,11). The Kier molecular flexibility index (Phi) is 2.10. The molecule has 0 saturated carbocycles. The number of rotatable bonds is 1. The van der Waals surface area contributed by atoms with E-state index in [1.807, 2.05) is 0 Å². The topological polar surface area (TPSA) is 43.1 Å². The van der Waals surface area contributed by atoms with E-state index in [2.05, 4.69) is 0 Å². The molecular formula is C7H5ClFNO. The first-order valence-corrected chi connectivity index (χ1v) is 3.24. The van der Waals surface area contributed by atoms with Crippen LogP contribution in [-0.2, 0) is 0 Å². The second kappa shape index (κ2) is 2.88. The highest BCUT2D eigenvalue weighted by Crippen LogP contribution is 2.13. The molecule has 1 rings (SSSR count). The van der Waals surface area contributed by atoms with Gasteiger partial charge in [-0.2, -0.15) is 0 Å². The van der Waals surface area contributed by atoms with Gasteiger partial charge in [-0.3, -0.25) is 4.79 Å². The van der Waals surface area contributed by atoms with Gasteiger partial charge in [-0.15, -0.1) is 0 Å². The lowest BCUT2D eigenvalue weighted by molar-refractivity contribution is 0.0996. The van der Waals surface area contributed by atoms with Crippen LogP contribution >= 0.6 is 11.6 Å². The van der Waals surface area contributed by atoms with Crippen molar-refractivity contribution in [2.24, 2.45) is 5.73 Å². The third-order valence-corrected chi connectivity index (χ3v) is 1.43. The first kappa shape index (κ1) is 8.01. The maximum Gasteiger partial charge on any atom is 0.251 e. The van der Waals surface area contributed by atoms with Crippen molar-refractivity contribution < 1.29 is 9.18 Å². The van der Waals surface area contributed by atoms with Crippen LogP contribution in [0.4, 0.5) is 4.39 Å². The Morgan fingerprint density at radius 1 is 1.55 bits per heavy atom. The van der Waals surface area contributed by atoms with Gasteiger partial charge in [-0.25, -0.2) is 4.39 Å². The molecule has 1 amide bonds. The van der Waals surface area contributed by atoms with E-state index in [1.54, 1.807) is 0 Å². The number of halogens is 2. The van der Waals surface area contributed by atoms with E-state index < -0.39 is 11.7 Å². The highest BCUT2D eigenvalue weighted by molar-refractivity contribution is 6.30. The maximum absolute atomic E-state index is 12.7. The summed E-state index contributed by atoms with van der Waals surface area (Å²) in [7, 11) is 0. The van der Waals surface area contributed by atoms with E-state index in [-0.39, 0.29) is 10.6 Å². The average Bonchev–Trinajstić information content (AvgIpc) is 1.85. The van der Waals surface area contributed by atoms with Gasteiger partial charge in [0.15, 0.2) is 0 Å². The number of amides is 1. The second-order valence-electron chi connectivity index (χ2n) is 1.99. The van der Waals surface area contributed by atoms with E-state index in [0.717, 1.165) is 6.07 Å². The van der Waals surface area contributed by atoms with Crippen LogP contribution in [0.2, 0.25) is 5.02 Å². The van der Waals surface area contributed by atoms with Crippen LogP contribution in [0.3, 0.4) is 0 Å². The Labute approximate surface area is 67.8 Å². The summed E-state index contributed by atoms with van der Waals surface area (Å²) in [6.45, 7) is 0. The van der Waals surface area contributed by atoms with Gasteiger partial charge in [-0.05, 0) is 18.2 Å². The van der Waals surface area contributed by atoms with E-state index in [1.165, 1.54) is 12.1 Å². The summed E-state index contributed by atoms with van der Waals surface area (Å²) in [5, 5.41) is 0.243. The predicted octanol–water partition coefficient (Wildman–Crippen LogP) is 1.58. The van der Waals surface area contributed by atoms with Crippen molar-refractivity contribution in [3.05, 3.63) is 34.6 Å². The first-order chi connectivity index (χ1) is 5.11. The Morgan fingerprint density at radius 3 is 2.64 bits per heavy atom. The van der Waals surface area contributed by atoms with Crippen molar-refractivity contribution in [2.45, 2.75) is 0 Å². The number of hydrogen-bond acceptors (Lipinski definition) is 1.